The highest BCUT2D eigenvalue weighted by atomic mass is 32.2. The number of aryl methyl sites for hydroxylation is 2. The second-order valence-corrected chi connectivity index (χ2v) is 10.7. The van der Waals surface area contributed by atoms with Gasteiger partial charge in [-0.3, -0.25) is 9.59 Å². The Kier molecular flexibility index (Phi) is 7.37. The summed E-state index contributed by atoms with van der Waals surface area (Å²) in [5, 5.41) is 6.24. The van der Waals surface area contributed by atoms with Crippen LogP contribution in [0.5, 0.6) is 0 Å². The molecule has 192 valence electrons. The third-order valence-electron chi connectivity index (χ3n) is 6.89. The number of nitrogens with one attached hydrogen (secondary N) is 2. The van der Waals surface area contributed by atoms with Crippen LogP contribution < -0.4 is 15.5 Å². The van der Waals surface area contributed by atoms with Gasteiger partial charge in [-0.2, -0.15) is 11.8 Å². The van der Waals surface area contributed by atoms with Crippen LogP contribution >= 0.6 is 11.8 Å². The number of amides is 2. The van der Waals surface area contributed by atoms with E-state index in [4.69, 9.17) is 0 Å². The molecule has 0 aliphatic carbocycles. The minimum absolute atomic E-state index is 0.0227. The SMILES string of the molecule is Cc1ccc(C)c(N2CCN(C(=O)c3ccc4c(c3)NC(=O)[C@@H](CSCc3cccc(F)c3)N4)CC2)c1. The molecule has 0 spiro atoms. The zero-order chi connectivity index (χ0) is 25.9. The fourth-order valence-electron chi connectivity index (χ4n) is 4.81. The summed E-state index contributed by atoms with van der Waals surface area (Å²) in [4.78, 5) is 30.2. The summed E-state index contributed by atoms with van der Waals surface area (Å²) in [6.45, 7) is 7.09. The molecule has 1 fully saturated rings. The molecule has 3 aromatic rings. The van der Waals surface area contributed by atoms with Crippen LogP contribution in [-0.4, -0.2) is 54.7 Å². The Bertz CT molecular complexity index is 1320. The van der Waals surface area contributed by atoms with Gasteiger partial charge >= 0.3 is 0 Å². The first-order valence-electron chi connectivity index (χ1n) is 12.5. The number of piperazine rings is 1. The van der Waals surface area contributed by atoms with Crippen LogP contribution in [0.15, 0.2) is 60.7 Å². The lowest BCUT2D eigenvalue weighted by molar-refractivity contribution is -0.116. The lowest BCUT2D eigenvalue weighted by Crippen LogP contribution is -2.49. The number of hydrogen-bond donors (Lipinski definition) is 2. The number of benzene rings is 3. The number of rotatable bonds is 6. The Labute approximate surface area is 221 Å². The summed E-state index contributed by atoms with van der Waals surface area (Å²) in [6, 6.07) is 18.0. The van der Waals surface area contributed by atoms with Gasteiger partial charge in [0.2, 0.25) is 5.91 Å². The molecule has 0 radical (unpaired) electrons. The highest BCUT2D eigenvalue weighted by Crippen LogP contribution is 2.30. The Morgan fingerprint density at radius 3 is 2.59 bits per heavy atom. The zero-order valence-corrected chi connectivity index (χ0v) is 21.9. The van der Waals surface area contributed by atoms with Crippen LogP contribution in [0.1, 0.15) is 27.0 Å². The highest BCUT2D eigenvalue weighted by molar-refractivity contribution is 7.98. The molecular weight excluding hydrogens is 487 g/mol. The number of hydrogen-bond acceptors (Lipinski definition) is 5. The quantitative estimate of drug-likeness (QED) is 0.477. The smallest absolute Gasteiger partial charge is 0.254 e. The molecule has 1 saturated heterocycles. The fourth-order valence-corrected chi connectivity index (χ4v) is 5.82. The van der Waals surface area contributed by atoms with Gasteiger partial charge in [0, 0.05) is 48.9 Å². The standard InChI is InChI=1S/C29H31FN4O2S/c1-19-6-7-20(2)27(14-19)33-10-12-34(13-11-33)29(36)22-8-9-24-25(16-22)32-28(35)26(31-24)18-37-17-21-4-3-5-23(30)15-21/h3-9,14-16,26,31H,10-13,17-18H2,1-2H3,(H,32,35)/t26-/m1/s1. The van der Waals surface area contributed by atoms with Crippen LogP contribution in [-0.2, 0) is 10.5 Å². The molecule has 2 aliphatic heterocycles. The lowest BCUT2D eigenvalue weighted by atomic mass is 10.1. The van der Waals surface area contributed by atoms with E-state index < -0.39 is 6.04 Å². The van der Waals surface area contributed by atoms with Crippen LogP contribution in [0, 0.1) is 19.7 Å². The van der Waals surface area contributed by atoms with Gasteiger partial charge in [-0.1, -0.05) is 24.3 Å². The third kappa shape index (κ3) is 5.74. The minimum atomic E-state index is -0.397. The van der Waals surface area contributed by atoms with Gasteiger partial charge in [-0.25, -0.2) is 4.39 Å². The maximum Gasteiger partial charge on any atom is 0.254 e. The summed E-state index contributed by atoms with van der Waals surface area (Å²) in [5.41, 5.74) is 6.59. The van der Waals surface area contributed by atoms with E-state index in [9.17, 15) is 14.0 Å². The minimum Gasteiger partial charge on any atom is -0.371 e. The van der Waals surface area contributed by atoms with E-state index in [1.165, 1.54) is 28.9 Å². The van der Waals surface area contributed by atoms with Gasteiger partial charge in [-0.05, 0) is 66.9 Å². The second-order valence-electron chi connectivity index (χ2n) is 9.66. The van der Waals surface area contributed by atoms with Crippen molar-refractivity contribution in [1.82, 2.24) is 4.90 Å². The third-order valence-corrected chi connectivity index (χ3v) is 7.99. The van der Waals surface area contributed by atoms with Gasteiger partial charge in [0.15, 0.2) is 0 Å². The van der Waals surface area contributed by atoms with Gasteiger partial charge in [-0.15, -0.1) is 0 Å². The van der Waals surface area contributed by atoms with E-state index in [1.807, 2.05) is 23.1 Å². The molecule has 6 nitrogen and oxygen atoms in total. The molecule has 0 unspecified atom stereocenters. The number of fused-ring (bicyclic) bond motifs is 1. The molecule has 1 atom stereocenters. The van der Waals surface area contributed by atoms with Crippen molar-refractivity contribution in [2.75, 3.05) is 47.5 Å². The average molecular weight is 519 g/mol. The van der Waals surface area contributed by atoms with Crippen LogP contribution in [0.25, 0.3) is 0 Å². The molecule has 2 heterocycles. The lowest BCUT2D eigenvalue weighted by Gasteiger charge is -2.37. The topological polar surface area (TPSA) is 64.7 Å². The van der Waals surface area contributed by atoms with E-state index in [0.29, 0.717) is 35.8 Å². The number of thioether (sulfide) groups is 1. The van der Waals surface area contributed by atoms with Crippen LogP contribution in [0.2, 0.25) is 0 Å². The predicted molar refractivity (Wildman–Crippen MR) is 149 cm³/mol. The molecular formula is C29H31FN4O2S. The van der Waals surface area contributed by atoms with Gasteiger partial charge in [0.25, 0.3) is 5.91 Å². The van der Waals surface area contributed by atoms with Gasteiger partial charge in [0.05, 0.1) is 11.4 Å². The van der Waals surface area contributed by atoms with E-state index >= 15 is 0 Å². The summed E-state index contributed by atoms with van der Waals surface area (Å²) in [5.74, 6) is 0.762. The summed E-state index contributed by atoms with van der Waals surface area (Å²) < 4.78 is 13.4. The normalized spacial score (nSPS) is 17.2. The molecule has 2 N–H and O–H groups in total. The van der Waals surface area contributed by atoms with Gasteiger partial charge in [0.1, 0.15) is 11.9 Å². The van der Waals surface area contributed by atoms with Crippen LogP contribution in [0.3, 0.4) is 0 Å². The van der Waals surface area contributed by atoms with E-state index in [0.717, 1.165) is 24.3 Å². The number of halogens is 1. The first-order valence-corrected chi connectivity index (χ1v) is 13.7. The summed E-state index contributed by atoms with van der Waals surface area (Å²) in [6.07, 6.45) is 0. The highest BCUT2D eigenvalue weighted by Gasteiger charge is 2.28. The molecule has 0 bridgehead atoms. The second kappa shape index (κ2) is 10.8. The molecule has 3 aromatic carbocycles. The number of nitrogens with zero attached hydrogens (tertiary/aromatic N) is 2. The Hall–Kier alpha value is -3.52. The Morgan fingerprint density at radius 1 is 1.00 bits per heavy atom. The number of carbonyl (C=O) groups excluding carboxylic acids is 2. The maximum absolute atomic E-state index is 13.4. The van der Waals surface area contributed by atoms with Crippen molar-refractivity contribution in [1.29, 1.82) is 0 Å². The number of anilines is 3. The van der Waals surface area contributed by atoms with Gasteiger partial charge < -0.3 is 20.4 Å². The van der Waals surface area contributed by atoms with Crippen molar-refractivity contribution >= 4 is 40.6 Å². The largest absolute Gasteiger partial charge is 0.371 e. The molecule has 2 amide bonds. The van der Waals surface area contributed by atoms with Crippen molar-refractivity contribution < 1.29 is 14.0 Å². The molecule has 37 heavy (non-hydrogen) atoms. The first-order chi connectivity index (χ1) is 17.9. The van der Waals surface area contributed by atoms with E-state index in [-0.39, 0.29) is 17.6 Å². The average Bonchev–Trinajstić information content (AvgIpc) is 2.90. The van der Waals surface area contributed by atoms with Crippen molar-refractivity contribution in [2.45, 2.75) is 25.6 Å². The molecule has 0 aromatic heterocycles. The molecule has 5 rings (SSSR count). The monoisotopic (exact) mass is 518 g/mol. The summed E-state index contributed by atoms with van der Waals surface area (Å²) >= 11 is 1.57. The number of carbonyl (C=O) groups is 2. The van der Waals surface area contributed by atoms with Crippen molar-refractivity contribution in [3.8, 4) is 0 Å². The Morgan fingerprint density at radius 2 is 1.81 bits per heavy atom. The fraction of sp³-hybridized carbons (Fsp3) is 0.310. The van der Waals surface area contributed by atoms with E-state index in [1.54, 1.807) is 23.9 Å². The maximum atomic E-state index is 13.4. The van der Waals surface area contributed by atoms with Crippen molar-refractivity contribution in [3.63, 3.8) is 0 Å². The zero-order valence-electron chi connectivity index (χ0n) is 21.1. The summed E-state index contributed by atoms with van der Waals surface area (Å²) in [7, 11) is 0. The first kappa shape index (κ1) is 25.1. The molecule has 8 heteroatoms. The van der Waals surface area contributed by atoms with Crippen molar-refractivity contribution in [2.24, 2.45) is 0 Å². The van der Waals surface area contributed by atoms with Crippen molar-refractivity contribution in [3.05, 3.63) is 88.7 Å². The predicted octanol–water partition coefficient (Wildman–Crippen LogP) is 5.07. The van der Waals surface area contributed by atoms with Crippen LogP contribution in [0.4, 0.5) is 21.5 Å². The molecule has 0 saturated carbocycles. The van der Waals surface area contributed by atoms with E-state index in [2.05, 4.69) is 47.6 Å². The molecule has 2 aliphatic rings. The Balaban J connectivity index is 1.18.